The molecule has 1 heterocycles. The highest BCUT2D eigenvalue weighted by Gasteiger charge is 2.21. The SMILES string of the molecule is NCC1CN(O)C(c2ccccc2F)=c2cc(Cl)ccc2=N1. The molecular formula is C16H15ClFN3O. The fourth-order valence-corrected chi connectivity index (χ4v) is 2.71. The first-order valence-corrected chi connectivity index (χ1v) is 7.27. The molecule has 4 nitrogen and oxygen atoms in total. The van der Waals surface area contributed by atoms with E-state index in [1.165, 1.54) is 6.07 Å². The Kier molecular flexibility index (Phi) is 4.11. The molecule has 0 radical (unpaired) electrons. The van der Waals surface area contributed by atoms with Crippen molar-refractivity contribution in [3.8, 4) is 0 Å². The van der Waals surface area contributed by atoms with E-state index in [4.69, 9.17) is 17.3 Å². The third-order valence-electron chi connectivity index (χ3n) is 3.58. The maximum atomic E-state index is 14.2. The van der Waals surface area contributed by atoms with Gasteiger partial charge in [0.05, 0.1) is 23.6 Å². The number of halogens is 2. The Morgan fingerprint density at radius 2 is 2.09 bits per heavy atom. The van der Waals surface area contributed by atoms with E-state index in [9.17, 15) is 9.60 Å². The number of nitrogens with zero attached hydrogens (tertiary/aromatic N) is 2. The van der Waals surface area contributed by atoms with Crippen molar-refractivity contribution in [3.63, 3.8) is 0 Å². The van der Waals surface area contributed by atoms with Gasteiger partial charge in [-0.25, -0.2) is 4.39 Å². The fourth-order valence-electron chi connectivity index (χ4n) is 2.54. The molecule has 1 aliphatic rings. The van der Waals surface area contributed by atoms with Crippen LogP contribution in [0.1, 0.15) is 5.56 Å². The van der Waals surface area contributed by atoms with Crippen molar-refractivity contribution in [2.75, 3.05) is 13.1 Å². The van der Waals surface area contributed by atoms with E-state index in [1.807, 2.05) is 0 Å². The maximum Gasteiger partial charge on any atom is 0.132 e. The van der Waals surface area contributed by atoms with E-state index in [0.29, 0.717) is 26.9 Å². The lowest BCUT2D eigenvalue weighted by molar-refractivity contribution is -0.0310. The van der Waals surface area contributed by atoms with Gasteiger partial charge in [0.2, 0.25) is 0 Å². The van der Waals surface area contributed by atoms with Crippen LogP contribution in [-0.2, 0) is 0 Å². The van der Waals surface area contributed by atoms with Crippen molar-refractivity contribution in [3.05, 3.63) is 69.4 Å². The summed E-state index contributed by atoms with van der Waals surface area (Å²) in [6.07, 6.45) is 0. The van der Waals surface area contributed by atoms with Crippen LogP contribution in [0.3, 0.4) is 0 Å². The highest BCUT2D eigenvalue weighted by atomic mass is 35.5. The minimum absolute atomic E-state index is 0.187. The largest absolute Gasteiger partial charge is 0.328 e. The summed E-state index contributed by atoms with van der Waals surface area (Å²) in [6, 6.07) is 11.1. The van der Waals surface area contributed by atoms with Crippen molar-refractivity contribution in [2.24, 2.45) is 10.7 Å². The lowest BCUT2D eigenvalue weighted by Gasteiger charge is -2.22. The summed E-state index contributed by atoms with van der Waals surface area (Å²) in [7, 11) is 0. The molecule has 0 amide bonds. The highest BCUT2D eigenvalue weighted by molar-refractivity contribution is 6.30. The molecule has 1 aliphatic heterocycles. The summed E-state index contributed by atoms with van der Waals surface area (Å²) in [4.78, 5) is 4.53. The molecule has 114 valence electrons. The van der Waals surface area contributed by atoms with Gasteiger partial charge in [-0.3, -0.25) is 15.3 Å². The van der Waals surface area contributed by atoms with Gasteiger partial charge in [0.25, 0.3) is 0 Å². The van der Waals surface area contributed by atoms with Gasteiger partial charge in [0.15, 0.2) is 0 Å². The number of hydroxylamine groups is 2. The van der Waals surface area contributed by atoms with Crippen LogP contribution in [0, 0.1) is 5.82 Å². The van der Waals surface area contributed by atoms with Gasteiger partial charge >= 0.3 is 0 Å². The third-order valence-corrected chi connectivity index (χ3v) is 3.81. The summed E-state index contributed by atoms with van der Waals surface area (Å²) in [5.41, 5.74) is 6.33. The zero-order chi connectivity index (χ0) is 15.7. The summed E-state index contributed by atoms with van der Waals surface area (Å²) < 4.78 is 14.2. The molecule has 0 spiro atoms. The number of fused-ring (bicyclic) bond motifs is 1. The molecule has 3 N–H and O–H groups in total. The van der Waals surface area contributed by atoms with E-state index in [0.717, 1.165) is 5.06 Å². The summed E-state index contributed by atoms with van der Waals surface area (Å²) in [5, 5.41) is 13.1. The number of hydrogen-bond acceptors (Lipinski definition) is 4. The minimum atomic E-state index is -0.423. The Labute approximate surface area is 131 Å². The summed E-state index contributed by atoms with van der Waals surface area (Å²) in [6.45, 7) is 0.468. The average molecular weight is 320 g/mol. The van der Waals surface area contributed by atoms with Crippen LogP contribution in [0.25, 0.3) is 5.70 Å². The topological polar surface area (TPSA) is 61.8 Å². The highest BCUT2D eigenvalue weighted by Crippen LogP contribution is 2.19. The maximum absolute atomic E-state index is 14.2. The van der Waals surface area contributed by atoms with Crippen molar-refractivity contribution in [2.45, 2.75) is 6.04 Å². The van der Waals surface area contributed by atoms with Crippen LogP contribution in [0.2, 0.25) is 5.02 Å². The fraction of sp³-hybridized carbons (Fsp3) is 0.188. The zero-order valence-electron chi connectivity index (χ0n) is 11.7. The van der Waals surface area contributed by atoms with Crippen molar-refractivity contribution < 1.29 is 9.60 Å². The number of hydrogen-bond donors (Lipinski definition) is 2. The van der Waals surface area contributed by atoms with Crippen LogP contribution >= 0.6 is 11.6 Å². The Bertz CT molecular complexity index is 824. The van der Waals surface area contributed by atoms with Crippen LogP contribution < -0.4 is 16.3 Å². The molecule has 0 aromatic heterocycles. The predicted molar refractivity (Wildman–Crippen MR) is 82.5 cm³/mol. The van der Waals surface area contributed by atoms with Gasteiger partial charge in [-0.1, -0.05) is 23.7 Å². The molecule has 6 heteroatoms. The van der Waals surface area contributed by atoms with Gasteiger partial charge in [-0.15, -0.1) is 0 Å². The molecule has 3 rings (SSSR count). The van der Waals surface area contributed by atoms with E-state index in [2.05, 4.69) is 4.99 Å². The van der Waals surface area contributed by atoms with Crippen LogP contribution in [-0.4, -0.2) is 29.4 Å². The molecule has 1 unspecified atom stereocenters. The first kappa shape index (κ1) is 15.0. The second kappa shape index (κ2) is 6.04. The number of benzene rings is 2. The van der Waals surface area contributed by atoms with Crippen molar-refractivity contribution in [1.29, 1.82) is 0 Å². The Morgan fingerprint density at radius 3 is 2.82 bits per heavy atom. The summed E-state index contributed by atoms with van der Waals surface area (Å²) >= 11 is 6.07. The van der Waals surface area contributed by atoms with E-state index in [1.54, 1.807) is 36.4 Å². The Balaban J connectivity index is 2.40. The molecule has 22 heavy (non-hydrogen) atoms. The average Bonchev–Trinajstić information content (AvgIpc) is 2.64. The Morgan fingerprint density at radius 1 is 1.32 bits per heavy atom. The minimum Gasteiger partial charge on any atom is -0.328 e. The van der Waals surface area contributed by atoms with Crippen LogP contribution in [0.5, 0.6) is 0 Å². The molecule has 2 aromatic carbocycles. The molecule has 2 aromatic rings. The van der Waals surface area contributed by atoms with E-state index < -0.39 is 5.82 Å². The first-order chi connectivity index (χ1) is 10.6. The lowest BCUT2D eigenvalue weighted by Crippen LogP contribution is -2.33. The van der Waals surface area contributed by atoms with E-state index >= 15 is 0 Å². The standard InChI is InChI=1S/C16H15ClFN3O/c17-10-5-6-15-13(7-10)16(12-3-1-2-4-14(12)18)21(22)9-11(8-19)20-15/h1-7,11,22H,8-9,19H2. The lowest BCUT2D eigenvalue weighted by atomic mass is 10.1. The monoisotopic (exact) mass is 319 g/mol. The van der Waals surface area contributed by atoms with Gasteiger partial charge in [0, 0.05) is 22.3 Å². The van der Waals surface area contributed by atoms with Gasteiger partial charge in [0.1, 0.15) is 5.82 Å². The van der Waals surface area contributed by atoms with Crippen molar-refractivity contribution >= 4 is 17.3 Å². The van der Waals surface area contributed by atoms with Gasteiger partial charge in [-0.2, -0.15) is 0 Å². The molecule has 0 aliphatic carbocycles. The number of rotatable bonds is 2. The summed E-state index contributed by atoms with van der Waals surface area (Å²) in [5.74, 6) is -0.423. The first-order valence-electron chi connectivity index (χ1n) is 6.89. The van der Waals surface area contributed by atoms with E-state index in [-0.39, 0.29) is 19.1 Å². The van der Waals surface area contributed by atoms with Crippen LogP contribution in [0.15, 0.2) is 47.5 Å². The Hall–Kier alpha value is -1.95. The molecule has 0 fully saturated rings. The van der Waals surface area contributed by atoms with Crippen LogP contribution in [0.4, 0.5) is 4.39 Å². The normalized spacial score (nSPS) is 17.7. The molecule has 0 saturated heterocycles. The van der Waals surface area contributed by atoms with Gasteiger partial charge in [-0.05, 0) is 30.3 Å². The third kappa shape index (κ3) is 2.70. The van der Waals surface area contributed by atoms with Gasteiger partial charge < -0.3 is 5.73 Å². The smallest absolute Gasteiger partial charge is 0.132 e. The van der Waals surface area contributed by atoms with Crippen molar-refractivity contribution in [1.82, 2.24) is 5.06 Å². The molecule has 1 atom stereocenters. The zero-order valence-corrected chi connectivity index (χ0v) is 12.5. The second-order valence-corrected chi connectivity index (χ2v) is 5.53. The second-order valence-electron chi connectivity index (χ2n) is 5.09. The number of nitrogens with two attached hydrogens (primary N) is 1. The molecule has 0 bridgehead atoms. The molecular weight excluding hydrogens is 305 g/mol. The predicted octanol–water partition coefficient (Wildman–Crippen LogP) is 1.29. The quantitative estimate of drug-likeness (QED) is 0.877. The molecule has 0 saturated carbocycles.